The van der Waals surface area contributed by atoms with Crippen LogP contribution in [0.1, 0.15) is 16.8 Å². The Labute approximate surface area is 184 Å². The van der Waals surface area contributed by atoms with Crippen molar-refractivity contribution >= 4 is 34.8 Å². The summed E-state index contributed by atoms with van der Waals surface area (Å²) in [6, 6.07) is 20.3. The molecule has 2 aromatic carbocycles. The molecule has 1 amide bonds. The molecule has 0 radical (unpaired) electrons. The molecule has 4 aromatic rings. The van der Waals surface area contributed by atoms with Crippen molar-refractivity contribution in [1.82, 2.24) is 14.8 Å². The zero-order valence-electron chi connectivity index (χ0n) is 16.8. The van der Waals surface area contributed by atoms with Crippen LogP contribution in [0.15, 0.2) is 66.0 Å². The van der Waals surface area contributed by atoms with Crippen LogP contribution in [-0.4, -0.2) is 26.4 Å². The predicted octanol–water partition coefficient (Wildman–Crippen LogP) is 5.48. The molecule has 0 atom stereocenters. The molecular formula is C23H22N4OS2. The van der Waals surface area contributed by atoms with Gasteiger partial charge in [-0.2, -0.15) is 9.78 Å². The van der Waals surface area contributed by atoms with Crippen molar-refractivity contribution in [1.29, 1.82) is 0 Å². The molecule has 0 unspecified atom stereocenters. The number of carbonyl (C=O) groups is 1. The van der Waals surface area contributed by atoms with Crippen molar-refractivity contribution < 1.29 is 4.79 Å². The summed E-state index contributed by atoms with van der Waals surface area (Å²) in [7, 11) is 0. The van der Waals surface area contributed by atoms with Crippen LogP contribution in [0.5, 0.6) is 0 Å². The SMILES string of the molecule is Cc1ccc(-c2csc(-n3nc(C)cc3NC(=O)CSCc3ccccc3)n2)cc1. The van der Waals surface area contributed by atoms with Crippen LogP contribution in [0, 0.1) is 13.8 Å². The monoisotopic (exact) mass is 434 g/mol. The highest BCUT2D eigenvalue weighted by molar-refractivity contribution is 7.99. The molecule has 0 fully saturated rings. The van der Waals surface area contributed by atoms with E-state index in [1.807, 2.05) is 36.6 Å². The highest BCUT2D eigenvalue weighted by atomic mass is 32.2. The maximum absolute atomic E-state index is 12.5. The fraction of sp³-hybridized carbons (Fsp3) is 0.174. The molecule has 0 aliphatic carbocycles. The van der Waals surface area contributed by atoms with Gasteiger partial charge in [-0.15, -0.1) is 23.1 Å². The Morgan fingerprint density at radius 1 is 1.10 bits per heavy atom. The van der Waals surface area contributed by atoms with Crippen LogP contribution in [0.25, 0.3) is 16.4 Å². The van der Waals surface area contributed by atoms with Gasteiger partial charge in [0.25, 0.3) is 0 Å². The van der Waals surface area contributed by atoms with Crippen LogP contribution < -0.4 is 5.32 Å². The number of nitrogens with zero attached hydrogens (tertiary/aromatic N) is 3. The van der Waals surface area contributed by atoms with Crippen molar-refractivity contribution in [3.63, 3.8) is 0 Å². The van der Waals surface area contributed by atoms with E-state index in [4.69, 9.17) is 4.98 Å². The van der Waals surface area contributed by atoms with Gasteiger partial charge in [-0.3, -0.25) is 4.79 Å². The van der Waals surface area contributed by atoms with Crippen molar-refractivity contribution in [3.8, 4) is 16.4 Å². The van der Waals surface area contributed by atoms with Gasteiger partial charge in [0, 0.05) is 22.8 Å². The van der Waals surface area contributed by atoms with Gasteiger partial charge in [-0.1, -0.05) is 60.2 Å². The number of rotatable bonds is 7. The standard InChI is InChI=1S/C23H22N4OS2/c1-16-8-10-19(11-9-16)20-14-30-23(24-20)27-21(12-17(2)26-27)25-22(28)15-29-13-18-6-4-3-5-7-18/h3-12,14H,13,15H2,1-2H3,(H,25,28). The number of anilines is 1. The fourth-order valence-electron chi connectivity index (χ4n) is 2.97. The number of hydrogen-bond acceptors (Lipinski definition) is 5. The van der Waals surface area contributed by atoms with Crippen molar-refractivity contribution in [2.75, 3.05) is 11.1 Å². The topological polar surface area (TPSA) is 59.8 Å². The Morgan fingerprint density at radius 2 is 1.87 bits per heavy atom. The molecule has 0 aliphatic heterocycles. The molecule has 1 N–H and O–H groups in total. The lowest BCUT2D eigenvalue weighted by molar-refractivity contribution is -0.113. The summed E-state index contributed by atoms with van der Waals surface area (Å²) in [5.74, 6) is 1.78. The number of nitrogens with one attached hydrogen (secondary N) is 1. The molecule has 0 spiro atoms. The number of thiazole rings is 1. The van der Waals surface area contributed by atoms with Gasteiger partial charge >= 0.3 is 0 Å². The zero-order chi connectivity index (χ0) is 20.9. The summed E-state index contributed by atoms with van der Waals surface area (Å²) >= 11 is 3.09. The number of hydrogen-bond donors (Lipinski definition) is 1. The van der Waals surface area contributed by atoms with Crippen LogP contribution >= 0.6 is 23.1 Å². The third-order valence-corrected chi connectivity index (χ3v) is 6.28. The molecule has 5 nitrogen and oxygen atoms in total. The molecule has 2 aromatic heterocycles. The minimum atomic E-state index is -0.0487. The Balaban J connectivity index is 1.43. The average molecular weight is 435 g/mol. The first kappa shape index (κ1) is 20.4. The highest BCUT2D eigenvalue weighted by Crippen LogP contribution is 2.26. The van der Waals surface area contributed by atoms with Crippen molar-refractivity contribution in [2.45, 2.75) is 19.6 Å². The Bertz CT molecular complexity index is 1130. The predicted molar refractivity (Wildman–Crippen MR) is 125 cm³/mol. The van der Waals surface area contributed by atoms with E-state index < -0.39 is 0 Å². The quantitative estimate of drug-likeness (QED) is 0.418. The first-order valence-electron chi connectivity index (χ1n) is 9.59. The fourth-order valence-corrected chi connectivity index (χ4v) is 4.55. The molecule has 0 bridgehead atoms. The second-order valence-electron chi connectivity index (χ2n) is 6.99. The molecular weight excluding hydrogens is 412 g/mol. The summed E-state index contributed by atoms with van der Waals surface area (Å²) < 4.78 is 1.71. The summed E-state index contributed by atoms with van der Waals surface area (Å²) in [4.78, 5) is 17.2. The molecule has 4 rings (SSSR count). The van der Waals surface area contributed by atoms with E-state index in [2.05, 4.69) is 53.7 Å². The smallest absolute Gasteiger partial charge is 0.235 e. The molecule has 152 valence electrons. The molecule has 0 aliphatic rings. The van der Waals surface area contributed by atoms with Crippen LogP contribution in [0.4, 0.5) is 5.82 Å². The third kappa shape index (κ3) is 4.98. The second-order valence-corrected chi connectivity index (χ2v) is 8.81. The van der Waals surface area contributed by atoms with Gasteiger partial charge in [-0.25, -0.2) is 4.98 Å². The van der Waals surface area contributed by atoms with E-state index in [1.165, 1.54) is 22.5 Å². The summed E-state index contributed by atoms with van der Waals surface area (Å²) in [6.45, 7) is 3.97. The number of aromatic nitrogens is 3. The van der Waals surface area contributed by atoms with Crippen LogP contribution in [-0.2, 0) is 10.5 Å². The lowest BCUT2D eigenvalue weighted by atomic mass is 10.1. The average Bonchev–Trinajstić information content (AvgIpc) is 3.36. The molecule has 0 saturated heterocycles. The van der Waals surface area contributed by atoms with E-state index in [-0.39, 0.29) is 5.91 Å². The number of carbonyl (C=O) groups excluding carboxylic acids is 1. The van der Waals surface area contributed by atoms with E-state index in [0.29, 0.717) is 11.6 Å². The van der Waals surface area contributed by atoms with Crippen LogP contribution in [0.3, 0.4) is 0 Å². The first-order chi connectivity index (χ1) is 14.6. The minimum absolute atomic E-state index is 0.0487. The maximum atomic E-state index is 12.5. The molecule has 30 heavy (non-hydrogen) atoms. The molecule has 0 saturated carbocycles. The van der Waals surface area contributed by atoms with E-state index in [1.54, 1.807) is 16.4 Å². The van der Waals surface area contributed by atoms with Crippen molar-refractivity contribution in [3.05, 3.63) is 82.9 Å². The van der Waals surface area contributed by atoms with Crippen molar-refractivity contribution in [2.24, 2.45) is 0 Å². The number of benzene rings is 2. The summed E-state index contributed by atoms with van der Waals surface area (Å²) in [6.07, 6.45) is 0. The third-order valence-electron chi connectivity index (χ3n) is 4.46. The lowest BCUT2D eigenvalue weighted by Crippen LogP contribution is -2.17. The second kappa shape index (κ2) is 9.28. The molecule has 7 heteroatoms. The number of amides is 1. The lowest BCUT2D eigenvalue weighted by Gasteiger charge is -2.07. The van der Waals surface area contributed by atoms with Gasteiger partial charge in [-0.05, 0) is 19.4 Å². The summed E-state index contributed by atoms with van der Waals surface area (Å²) in [5, 5.41) is 10.2. The number of thioether (sulfide) groups is 1. The van der Waals surface area contributed by atoms with Gasteiger partial charge in [0.15, 0.2) is 0 Å². The summed E-state index contributed by atoms with van der Waals surface area (Å²) in [5.41, 5.74) is 5.22. The Kier molecular flexibility index (Phi) is 6.30. The first-order valence-corrected chi connectivity index (χ1v) is 11.6. The highest BCUT2D eigenvalue weighted by Gasteiger charge is 2.14. The zero-order valence-corrected chi connectivity index (χ0v) is 18.5. The Hall–Kier alpha value is -2.90. The number of aryl methyl sites for hydroxylation is 2. The van der Waals surface area contributed by atoms with Gasteiger partial charge in [0.05, 0.1) is 17.1 Å². The van der Waals surface area contributed by atoms with Crippen LogP contribution in [0.2, 0.25) is 0 Å². The Morgan fingerprint density at radius 3 is 2.63 bits per heavy atom. The normalized spacial score (nSPS) is 10.9. The molecule has 2 heterocycles. The maximum Gasteiger partial charge on any atom is 0.235 e. The largest absolute Gasteiger partial charge is 0.310 e. The van der Waals surface area contributed by atoms with E-state index >= 15 is 0 Å². The van der Waals surface area contributed by atoms with Gasteiger partial charge in [0.1, 0.15) is 5.82 Å². The minimum Gasteiger partial charge on any atom is -0.310 e. The van der Waals surface area contributed by atoms with Gasteiger partial charge in [0.2, 0.25) is 11.0 Å². The van der Waals surface area contributed by atoms with E-state index in [0.717, 1.165) is 27.8 Å². The van der Waals surface area contributed by atoms with Gasteiger partial charge < -0.3 is 5.32 Å². The van der Waals surface area contributed by atoms with E-state index in [9.17, 15) is 4.79 Å².